The highest BCUT2D eigenvalue weighted by Crippen LogP contribution is 2.02. The number of rotatable bonds is 4. The number of hydrogen-bond donors (Lipinski definition) is 1. The SMILES string of the molecule is O=c1ccn(C/C=C/CS)cc1[N+](=O)[O-]. The van der Waals surface area contributed by atoms with E-state index in [1.54, 1.807) is 4.57 Å². The molecule has 0 aliphatic heterocycles. The van der Waals surface area contributed by atoms with E-state index in [-0.39, 0.29) is 0 Å². The molecular weight excluding hydrogens is 216 g/mol. The number of nitro groups is 1. The van der Waals surface area contributed by atoms with Crippen LogP contribution < -0.4 is 5.43 Å². The fraction of sp³-hybridized carbons (Fsp3) is 0.222. The van der Waals surface area contributed by atoms with Gasteiger partial charge in [0.05, 0.1) is 11.1 Å². The van der Waals surface area contributed by atoms with Gasteiger partial charge in [0.25, 0.3) is 5.43 Å². The molecule has 0 saturated heterocycles. The lowest BCUT2D eigenvalue weighted by molar-refractivity contribution is -0.386. The Morgan fingerprint density at radius 2 is 2.27 bits per heavy atom. The largest absolute Gasteiger partial charge is 0.344 e. The Hall–Kier alpha value is -1.56. The van der Waals surface area contributed by atoms with Crippen LogP contribution in [0, 0.1) is 10.1 Å². The monoisotopic (exact) mass is 226 g/mol. The second-order valence-electron chi connectivity index (χ2n) is 2.80. The summed E-state index contributed by atoms with van der Waals surface area (Å²) in [6.45, 7) is 0.488. The Labute approximate surface area is 91.6 Å². The highest BCUT2D eigenvalue weighted by molar-refractivity contribution is 7.80. The van der Waals surface area contributed by atoms with Crippen LogP contribution in [0.15, 0.2) is 35.4 Å². The van der Waals surface area contributed by atoms with Gasteiger partial charge in [-0.25, -0.2) is 0 Å². The van der Waals surface area contributed by atoms with Crippen molar-refractivity contribution in [3.8, 4) is 0 Å². The van der Waals surface area contributed by atoms with E-state index >= 15 is 0 Å². The number of allylic oxidation sites excluding steroid dienone is 1. The van der Waals surface area contributed by atoms with Gasteiger partial charge in [-0.1, -0.05) is 12.2 Å². The predicted molar refractivity (Wildman–Crippen MR) is 60.3 cm³/mol. The molecule has 1 aromatic rings. The van der Waals surface area contributed by atoms with Crippen LogP contribution >= 0.6 is 12.6 Å². The quantitative estimate of drug-likeness (QED) is 0.363. The molecule has 5 nitrogen and oxygen atoms in total. The zero-order valence-corrected chi connectivity index (χ0v) is 8.76. The molecule has 15 heavy (non-hydrogen) atoms. The lowest BCUT2D eigenvalue weighted by Gasteiger charge is -2.00. The number of thiol groups is 1. The maximum Gasteiger partial charge on any atom is 0.332 e. The van der Waals surface area contributed by atoms with Gasteiger partial charge in [-0.15, -0.1) is 0 Å². The van der Waals surface area contributed by atoms with Gasteiger partial charge in [0.2, 0.25) is 0 Å². The third kappa shape index (κ3) is 3.25. The van der Waals surface area contributed by atoms with Crippen molar-refractivity contribution >= 4 is 18.3 Å². The predicted octanol–water partition coefficient (Wildman–Crippen LogP) is 1.24. The first-order chi connectivity index (χ1) is 7.15. The van der Waals surface area contributed by atoms with E-state index in [1.165, 1.54) is 18.5 Å². The van der Waals surface area contributed by atoms with Crippen molar-refractivity contribution < 1.29 is 4.92 Å². The summed E-state index contributed by atoms with van der Waals surface area (Å²) < 4.78 is 1.57. The highest BCUT2D eigenvalue weighted by atomic mass is 32.1. The molecule has 0 aromatic carbocycles. The molecule has 1 rings (SSSR count). The first-order valence-electron chi connectivity index (χ1n) is 4.25. The lowest BCUT2D eigenvalue weighted by atomic mass is 10.4. The van der Waals surface area contributed by atoms with Crippen molar-refractivity contribution in [1.29, 1.82) is 0 Å². The van der Waals surface area contributed by atoms with E-state index in [0.29, 0.717) is 12.3 Å². The Morgan fingerprint density at radius 3 is 2.87 bits per heavy atom. The van der Waals surface area contributed by atoms with Gasteiger partial charge in [0, 0.05) is 24.6 Å². The minimum atomic E-state index is -0.679. The maximum atomic E-state index is 11.1. The summed E-state index contributed by atoms with van der Waals surface area (Å²) >= 11 is 3.98. The fourth-order valence-electron chi connectivity index (χ4n) is 1.03. The zero-order valence-electron chi connectivity index (χ0n) is 7.87. The summed E-state index contributed by atoms with van der Waals surface area (Å²) in [7, 11) is 0. The molecule has 0 amide bonds. The first kappa shape index (κ1) is 11.5. The molecule has 80 valence electrons. The Kier molecular flexibility index (Phi) is 4.11. The molecule has 1 heterocycles. The summed E-state index contributed by atoms with van der Waals surface area (Å²) in [4.78, 5) is 20.8. The lowest BCUT2D eigenvalue weighted by Crippen LogP contribution is -2.10. The summed E-state index contributed by atoms with van der Waals surface area (Å²) in [5.74, 6) is 0.613. The Bertz CT molecular complexity index is 439. The molecule has 0 N–H and O–H groups in total. The van der Waals surface area contributed by atoms with Crippen molar-refractivity contribution in [2.24, 2.45) is 0 Å². The van der Waals surface area contributed by atoms with Crippen LogP contribution in [0.2, 0.25) is 0 Å². The molecule has 0 atom stereocenters. The number of aromatic nitrogens is 1. The van der Waals surface area contributed by atoms with Crippen molar-refractivity contribution in [3.05, 3.63) is 50.9 Å². The van der Waals surface area contributed by atoms with Gasteiger partial charge in [-0.3, -0.25) is 14.9 Å². The normalized spacial score (nSPS) is 10.7. The van der Waals surface area contributed by atoms with Gasteiger partial charge in [-0.2, -0.15) is 12.6 Å². The van der Waals surface area contributed by atoms with Crippen molar-refractivity contribution in [2.45, 2.75) is 6.54 Å². The average Bonchev–Trinajstić information content (AvgIpc) is 2.20. The standard InChI is InChI=1S/C9H10N2O3S/c12-9-3-5-10(4-1-2-6-15)7-8(9)11(13)14/h1-3,5,7,15H,4,6H2/b2-1+. The minimum Gasteiger partial charge on any atom is -0.344 e. The van der Waals surface area contributed by atoms with Gasteiger partial charge in [0.1, 0.15) is 0 Å². The van der Waals surface area contributed by atoms with Crippen LogP contribution in [-0.2, 0) is 6.54 Å². The molecule has 0 radical (unpaired) electrons. The molecule has 0 unspecified atom stereocenters. The van der Waals surface area contributed by atoms with Crippen LogP contribution in [0.4, 0.5) is 5.69 Å². The average molecular weight is 226 g/mol. The highest BCUT2D eigenvalue weighted by Gasteiger charge is 2.10. The van der Waals surface area contributed by atoms with Crippen LogP contribution in [0.1, 0.15) is 0 Å². The van der Waals surface area contributed by atoms with E-state index < -0.39 is 16.0 Å². The number of nitrogens with zero attached hydrogens (tertiary/aromatic N) is 2. The first-order valence-corrected chi connectivity index (χ1v) is 4.88. The number of pyridine rings is 1. The fourth-order valence-corrected chi connectivity index (χ4v) is 1.18. The molecule has 0 bridgehead atoms. The van der Waals surface area contributed by atoms with E-state index in [0.717, 1.165) is 0 Å². The number of hydrogen-bond acceptors (Lipinski definition) is 4. The molecule has 0 saturated carbocycles. The van der Waals surface area contributed by atoms with Crippen LogP contribution in [0.3, 0.4) is 0 Å². The molecular formula is C9H10N2O3S. The summed E-state index contributed by atoms with van der Waals surface area (Å²) in [5, 5.41) is 10.5. The van der Waals surface area contributed by atoms with E-state index in [1.807, 2.05) is 12.2 Å². The summed E-state index contributed by atoms with van der Waals surface area (Å²) in [6.07, 6.45) is 6.39. The van der Waals surface area contributed by atoms with E-state index in [9.17, 15) is 14.9 Å². The summed E-state index contributed by atoms with van der Waals surface area (Å²) in [6, 6.07) is 1.19. The Morgan fingerprint density at radius 1 is 1.53 bits per heavy atom. The van der Waals surface area contributed by atoms with Gasteiger partial charge >= 0.3 is 5.69 Å². The van der Waals surface area contributed by atoms with Crippen LogP contribution in [0.5, 0.6) is 0 Å². The second-order valence-corrected chi connectivity index (χ2v) is 3.17. The van der Waals surface area contributed by atoms with Crippen molar-refractivity contribution in [1.82, 2.24) is 4.57 Å². The minimum absolute atomic E-state index is 0.406. The molecule has 1 aromatic heterocycles. The maximum absolute atomic E-state index is 11.1. The zero-order chi connectivity index (χ0) is 11.3. The van der Waals surface area contributed by atoms with Crippen LogP contribution in [-0.4, -0.2) is 15.2 Å². The Balaban J connectivity index is 2.93. The topological polar surface area (TPSA) is 65.1 Å². The smallest absolute Gasteiger partial charge is 0.332 e. The third-order valence-electron chi connectivity index (χ3n) is 1.74. The van der Waals surface area contributed by atoms with E-state index in [4.69, 9.17) is 0 Å². The van der Waals surface area contributed by atoms with Crippen LogP contribution in [0.25, 0.3) is 0 Å². The molecule has 6 heteroatoms. The molecule has 0 aliphatic rings. The van der Waals surface area contributed by atoms with Gasteiger partial charge in [-0.05, 0) is 0 Å². The molecule has 0 fully saturated rings. The molecule has 0 aliphatic carbocycles. The van der Waals surface area contributed by atoms with E-state index in [2.05, 4.69) is 12.6 Å². The summed E-state index contributed by atoms with van der Waals surface area (Å²) in [5.41, 5.74) is -0.980. The van der Waals surface area contributed by atoms with Crippen molar-refractivity contribution in [3.63, 3.8) is 0 Å². The second kappa shape index (κ2) is 5.35. The van der Waals surface area contributed by atoms with Crippen molar-refractivity contribution in [2.75, 3.05) is 5.75 Å². The third-order valence-corrected chi connectivity index (χ3v) is 1.95. The molecule has 0 spiro atoms. The van der Waals surface area contributed by atoms with Gasteiger partial charge in [0.15, 0.2) is 0 Å². The van der Waals surface area contributed by atoms with Gasteiger partial charge < -0.3 is 4.57 Å².